The lowest BCUT2D eigenvalue weighted by molar-refractivity contribution is 0.415. The van der Waals surface area contributed by atoms with E-state index in [4.69, 9.17) is 10.5 Å². The number of ether oxygens (including phenoxy) is 1. The Balaban J connectivity index is 2.17. The first kappa shape index (κ1) is 12.8. The molecule has 0 saturated carbocycles. The first-order valence-electron chi connectivity index (χ1n) is 5.95. The molecule has 0 aliphatic heterocycles. The van der Waals surface area contributed by atoms with Gasteiger partial charge in [0, 0.05) is 18.2 Å². The zero-order chi connectivity index (χ0) is 14.1. The molecule has 0 unspecified atom stereocenters. The summed E-state index contributed by atoms with van der Waals surface area (Å²) < 4.78 is 6.48. The third kappa shape index (κ3) is 2.17. The first-order chi connectivity index (χ1) is 9.71. The van der Waals surface area contributed by atoms with Crippen LogP contribution in [0, 0.1) is 0 Å². The minimum Gasteiger partial charge on any atom is -0.497 e. The average Bonchev–Trinajstić information content (AvgIpc) is 2.92. The normalized spacial score (nSPS) is 10.9. The second kappa shape index (κ2) is 5.03. The SMILES string of the molecule is COc1cccc(-c2nn3c(=O)cc(CN)nc3s2)c1. The highest BCUT2D eigenvalue weighted by atomic mass is 32.1. The molecular formula is C13H12N4O2S. The molecule has 1 aromatic carbocycles. The van der Waals surface area contributed by atoms with Crippen molar-refractivity contribution < 1.29 is 4.74 Å². The third-order valence-corrected chi connectivity index (χ3v) is 3.78. The highest BCUT2D eigenvalue weighted by Crippen LogP contribution is 2.27. The number of hydrogen-bond acceptors (Lipinski definition) is 6. The van der Waals surface area contributed by atoms with Gasteiger partial charge in [-0.2, -0.15) is 9.61 Å². The summed E-state index contributed by atoms with van der Waals surface area (Å²) in [5, 5.41) is 5.01. The van der Waals surface area contributed by atoms with Gasteiger partial charge in [-0.05, 0) is 12.1 Å². The summed E-state index contributed by atoms with van der Waals surface area (Å²) in [5.74, 6) is 0.740. The molecule has 0 saturated heterocycles. The van der Waals surface area contributed by atoms with Crippen LogP contribution >= 0.6 is 11.3 Å². The molecule has 0 atom stereocenters. The van der Waals surface area contributed by atoms with Crippen molar-refractivity contribution in [3.63, 3.8) is 0 Å². The number of rotatable bonds is 3. The summed E-state index contributed by atoms with van der Waals surface area (Å²) in [7, 11) is 1.61. The maximum absolute atomic E-state index is 11.9. The molecule has 2 heterocycles. The third-order valence-electron chi connectivity index (χ3n) is 2.82. The maximum atomic E-state index is 11.9. The van der Waals surface area contributed by atoms with Crippen molar-refractivity contribution in [2.75, 3.05) is 7.11 Å². The van der Waals surface area contributed by atoms with Gasteiger partial charge in [-0.3, -0.25) is 4.79 Å². The molecule has 0 aliphatic rings. The zero-order valence-corrected chi connectivity index (χ0v) is 11.6. The minimum absolute atomic E-state index is 0.221. The molecule has 2 N–H and O–H groups in total. The smallest absolute Gasteiger partial charge is 0.275 e. The predicted octanol–water partition coefficient (Wildman–Crippen LogP) is 1.29. The molecule has 20 heavy (non-hydrogen) atoms. The van der Waals surface area contributed by atoms with Crippen molar-refractivity contribution in [2.24, 2.45) is 5.73 Å². The van der Waals surface area contributed by atoms with Gasteiger partial charge in [-0.25, -0.2) is 4.98 Å². The van der Waals surface area contributed by atoms with Crippen LogP contribution in [0.5, 0.6) is 5.75 Å². The van der Waals surface area contributed by atoms with Crippen molar-refractivity contribution in [3.05, 3.63) is 46.4 Å². The molecule has 0 fully saturated rings. The van der Waals surface area contributed by atoms with Gasteiger partial charge in [0.05, 0.1) is 12.8 Å². The molecular weight excluding hydrogens is 276 g/mol. The Hall–Kier alpha value is -2.25. The molecule has 0 aliphatic carbocycles. The van der Waals surface area contributed by atoms with E-state index in [1.807, 2.05) is 24.3 Å². The van der Waals surface area contributed by atoms with Crippen LogP contribution in [-0.2, 0) is 6.54 Å². The Morgan fingerprint density at radius 2 is 2.25 bits per heavy atom. The van der Waals surface area contributed by atoms with E-state index in [1.165, 1.54) is 21.9 Å². The Morgan fingerprint density at radius 3 is 3.00 bits per heavy atom. The first-order valence-corrected chi connectivity index (χ1v) is 6.77. The lowest BCUT2D eigenvalue weighted by atomic mass is 10.2. The van der Waals surface area contributed by atoms with Crippen LogP contribution in [0.15, 0.2) is 35.1 Å². The number of fused-ring (bicyclic) bond motifs is 1. The van der Waals surface area contributed by atoms with Gasteiger partial charge in [0.2, 0.25) is 4.96 Å². The molecule has 3 aromatic rings. The van der Waals surface area contributed by atoms with Gasteiger partial charge < -0.3 is 10.5 Å². The van der Waals surface area contributed by atoms with Crippen molar-refractivity contribution in [2.45, 2.75) is 6.54 Å². The van der Waals surface area contributed by atoms with Crippen LogP contribution in [0.25, 0.3) is 15.5 Å². The summed E-state index contributed by atoms with van der Waals surface area (Å²) in [4.78, 5) is 16.8. The fourth-order valence-corrected chi connectivity index (χ4v) is 2.75. The van der Waals surface area contributed by atoms with E-state index in [0.717, 1.165) is 11.3 Å². The van der Waals surface area contributed by atoms with Crippen LogP contribution in [-0.4, -0.2) is 21.7 Å². The fraction of sp³-hybridized carbons (Fsp3) is 0.154. The van der Waals surface area contributed by atoms with E-state index in [2.05, 4.69) is 10.1 Å². The van der Waals surface area contributed by atoms with Crippen molar-refractivity contribution >= 4 is 16.3 Å². The van der Waals surface area contributed by atoms with E-state index < -0.39 is 0 Å². The Labute approximate surface area is 118 Å². The second-order valence-corrected chi connectivity index (χ2v) is 5.08. The van der Waals surface area contributed by atoms with Crippen LogP contribution in [0.4, 0.5) is 0 Å². The van der Waals surface area contributed by atoms with Crippen molar-refractivity contribution in [3.8, 4) is 16.3 Å². The van der Waals surface area contributed by atoms with Crippen molar-refractivity contribution in [1.82, 2.24) is 14.6 Å². The molecule has 0 amide bonds. The Morgan fingerprint density at radius 1 is 1.40 bits per heavy atom. The monoisotopic (exact) mass is 288 g/mol. The molecule has 0 bridgehead atoms. The number of nitrogens with two attached hydrogens (primary N) is 1. The molecule has 102 valence electrons. The summed E-state index contributed by atoms with van der Waals surface area (Å²) >= 11 is 1.34. The number of methoxy groups -OCH3 is 1. The van der Waals surface area contributed by atoms with Crippen LogP contribution in [0.2, 0.25) is 0 Å². The zero-order valence-electron chi connectivity index (χ0n) is 10.7. The Kier molecular flexibility index (Phi) is 3.21. The number of aromatic nitrogens is 3. The highest BCUT2D eigenvalue weighted by Gasteiger charge is 2.10. The average molecular weight is 288 g/mol. The van der Waals surface area contributed by atoms with Crippen molar-refractivity contribution in [1.29, 1.82) is 0 Å². The molecule has 2 aromatic heterocycles. The minimum atomic E-state index is -0.221. The number of nitrogens with zero attached hydrogens (tertiary/aromatic N) is 3. The van der Waals surface area contributed by atoms with Crippen LogP contribution in [0.1, 0.15) is 5.69 Å². The fourth-order valence-electron chi connectivity index (χ4n) is 1.83. The lowest BCUT2D eigenvalue weighted by Crippen LogP contribution is -2.16. The van der Waals surface area contributed by atoms with Gasteiger partial charge in [-0.1, -0.05) is 23.5 Å². The standard InChI is InChI=1S/C13H12N4O2S/c1-19-10-4-2-3-8(5-10)12-16-17-11(18)6-9(7-14)15-13(17)20-12/h2-6H,7,14H2,1H3. The quantitative estimate of drug-likeness (QED) is 0.785. The summed E-state index contributed by atoms with van der Waals surface area (Å²) in [6, 6.07) is 8.92. The van der Waals surface area contributed by atoms with E-state index >= 15 is 0 Å². The predicted molar refractivity (Wildman–Crippen MR) is 77.0 cm³/mol. The van der Waals surface area contributed by atoms with Gasteiger partial charge in [0.25, 0.3) is 5.56 Å². The van der Waals surface area contributed by atoms with Gasteiger partial charge in [-0.15, -0.1) is 0 Å². The van der Waals surface area contributed by atoms with E-state index in [1.54, 1.807) is 7.11 Å². The lowest BCUT2D eigenvalue weighted by Gasteiger charge is -2.00. The summed E-state index contributed by atoms with van der Waals surface area (Å²) in [6.45, 7) is 0.234. The van der Waals surface area contributed by atoms with E-state index in [0.29, 0.717) is 15.7 Å². The number of benzene rings is 1. The van der Waals surface area contributed by atoms with Gasteiger partial charge >= 0.3 is 0 Å². The highest BCUT2D eigenvalue weighted by molar-refractivity contribution is 7.19. The van der Waals surface area contributed by atoms with E-state index in [-0.39, 0.29) is 12.1 Å². The van der Waals surface area contributed by atoms with E-state index in [9.17, 15) is 4.79 Å². The summed E-state index contributed by atoms with van der Waals surface area (Å²) in [6.07, 6.45) is 0. The molecule has 0 spiro atoms. The number of hydrogen-bond donors (Lipinski definition) is 1. The second-order valence-electron chi connectivity index (χ2n) is 4.12. The largest absolute Gasteiger partial charge is 0.497 e. The molecule has 0 radical (unpaired) electrons. The Bertz CT molecular complexity index is 825. The maximum Gasteiger partial charge on any atom is 0.275 e. The summed E-state index contributed by atoms with van der Waals surface area (Å²) in [5.41, 5.74) is 6.75. The molecule has 6 nitrogen and oxygen atoms in total. The molecule has 3 rings (SSSR count). The van der Waals surface area contributed by atoms with Gasteiger partial charge in [0.1, 0.15) is 10.8 Å². The van der Waals surface area contributed by atoms with Crippen LogP contribution < -0.4 is 16.0 Å². The van der Waals surface area contributed by atoms with Gasteiger partial charge in [0.15, 0.2) is 0 Å². The van der Waals surface area contributed by atoms with Crippen LogP contribution in [0.3, 0.4) is 0 Å². The molecule has 7 heteroatoms. The topological polar surface area (TPSA) is 82.5 Å².